The van der Waals surface area contributed by atoms with Gasteiger partial charge in [0.2, 0.25) is 0 Å². The van der Waals surface area contributed by atoms with Crippen LogP contribution in [0.4, 0.5) is 5.69 Å². The Morgan fingerprint density at radius 2 is 1.52 bits per heavy atom. The number of amides is 2. The Balaban J connectivity index is 1.64. The third-order valence-electron chi connectivity index (χ3n) is 5.29. The summed E-state index contributed by atoms with van der Waals surface area (Å²) in [5, 5.41) is 0. The number of imide groups is 1. The summed E-state index contributed by atoms with van der Waals surface area (Å²) in [6, 6.07) is 24.8. The SMILES string of the molecule is Cc1ccc(C2=C(SCc3ccccc3)C(=O)N(c3ccc(OCC(C)C)cc3)C2=O)cc1. The van der Waals surface area contributed by atoms with Crippen molar-refractivity contribution in [2.45, 2.75) is 26.5 Å². The number of aryl methyl sites for hydroxylation is 1. The van der Waals surface area contributed by atoms with E-state index in [4.69, 9.17) is 4.74 Å². The number of rotatable bonds is 8. The second kappa shape index (κ2) is 10.1. The molecule has 0 aliphatic carbocycles. The van der Waals surface area contributed by atoms with Gasteiger partial charge in [0.1, 0.15) is 5.75 Å². The van der Waals surface area contributed by atoms with Crippen LogP contribution in [0, 0.1) is 12.8 Å². The molecule has 0 atom stereocenters. The first kappa shape index (κ1) is 22.9. The highest BCUT2D eigenvalue weighted by atomic mass is 32.2. The molecular weight excluding hydrogens is 430 g/mol. The number of hydrogen-bond acceptors (Lipinski definition) is 4. The number of carbonyl (C=O) groups is 2. The van der Waals surface area contributed by atoms with Crippen LogP contribution in [0.3, 0.4) is 0 Å². The molecular formula is C28H27NO3S. The van der Waals surface area contributed by atoms with Crippen LogP contribution in [0.25, 0.3) is 5.57 Å². The summed E-state index contributed by atoms with van der Waals surface area (Å²) in [4.78, 5) is 28.8. The van der Waals surface area contributed by atoms with Crippen molar-refractivity contribution in [3.05, 3.63) is 100 Å². The lowest BCUT2D eigenvalue weighted by molar-refractivity contribution is -0.119. The molecule has 0 N–H and O–H groups in total. The Kier molecular flexibility index (Phi) is 6.99. The molecule has 2 amide bonds. The highest BCUT2D eigenvalue weighted by Gasteiger charge is 2.40. The molecule has 0 saturated heterocycles. The van der Waals surface area contributed by atoms with Gasteiger partial charge in [-0.25, -0.2) is 4.90 Å². The predicted octanol–water partition coefficient (Wildman–Crippen LogP) is 6.25. The topological polar surface area (TPSA) is 46.6 Å². The van der Waals surface area contributed by atoms with E-state index >= 15 is 0 Å². The second-order valence-corrected chi connectivity index (χ2v) is 9.47. The van der Waals surface area contributed by atoms with Gasteiger partial charge < -0.3 is 4.74 Å². The average Bonchev–Trinajstić information content (AvgIpc) is 3.07. The van der Waals surface area contributed by atoms with E-state index in [1.54, 1.807) is 24.3 Å². The van der Waals surface area contributed by atoms with Gasteiger partial charge in [0.25, 0.3) is 11.8 Å². The van der Waals surface area contributed by atoms with Crippen molar-refractivity contribution in [3.8, 4) is 5.75 Å². The molecule has 0 spiro atoms. The van der Waals surface area contributed by atoms with Crippen molar-refractivity contribution >= 4 is 34.8 Å². The van der Waals surface area contributed by atoms with Gasteiger partial charge in [0.15, 0.2) is 0 Å². The molecule has 1 heterocycles. The molecule has 5 heteroatoms. The number of benzene rings is 3. The Bertz CT molecular complexity index is 1170. The van der Waals surface area contributed by atoms with Crippen molar-refractivity contribution in [1.82, 2.24) is 0 Å². The van der Waals surface area contributed by atoms with Crippen molar-refractivity contribution in [2.75, 3.05) is 11.5 Å². The van der Waals surface area contributed by atoms with Crippen LogP contribution in [-0.4, -0.2) is 18.4 Å². The number of nitrogens with zero attached hydrogens (tertiary/aromatic N) is 1. The lowest BCUT2D eigenvalue weighted by Gasteiger charge is -2.16. The highest BCUT2D eigenvalue weighted by Crippen LogP contribution is 2.40. The standard InChI is InChI=1S/C28H27NO3S/c1-19(2)17-32-24-15-13-23(14-16-24)29-27(30)25(22-11-9-20(3)10-12-22)26(28(29)31)33-18-21-7-5-4-6-8-21/h4-16,19H,17-18H2,1-3H3. The third kappa shape index (κ3) is 5.20. The maximum absolute atomic E-state index is 13.5. The number of anilines is 1. The van der Waals surface area contributed by atoms with E-state index in [1.807, 2.05) is 61.5 Å². The monoisotopic (exact) mass is 457 g/mol. The fourth-order valence-corrected chi connectivity index (χ4v) is 4.60. The van der Waals surface area contributed by atoms with Gasteiger partial charge in [-0.3, -0.25) is 9.59 Å². The predicted molar refractivity (Wildman–Crippen MR) is 135 cm³/mol. The quantitative estimate of drug-likeness (QED) is 0.375. The molecule has 0 radical (unpaired) electrons. The van der Waals surface area contributed by atoms with E-state index in [2.05, 4.69) is 13.8 Å². The number of hydrogen-bond donors (Lipinski definition) is 0. The minimum absolute atomic E-state index is 0.285. The van der Waals surface area contributed by atoms with E-state index < -0.39 is 0 Å². The molecule has 1 aliphatic rings. The maximum atomic E-state index is 13.5. The van der Waals surface area contributed by atoms with E-state index in [1.165, 1.54) is 16.7 Å². The minimum Gasteiger partial charge on any atom is -0.493 e. The van der Waals surface area contributed by atoms with Crippen molar-refractivity contribution in [2.24, 2.45) is 5.92 Å². The summed E-state index contributed by atoms with van der Waals surface area (Å²) < 4.78 is 5.75. The Hall–Kier alpha value is -3.31. The number of thioether (sulfide) groups is 1. The average molecular weight is 458 g/mol. The third-order valence-corrected chi connectivity index (χ3v) is 6.43. The molecule has 0 aromatic heterocycles. The Labute approximate surface area is 199 Å². The molecule has 4 nitrogen and oxygen atoms in total. The van der Waals surface area contributed by atoms with Gasteiger partial charge in [0.05, 0.1) is 22.8 Å². The summed E-state index contributed by atoms with van der Waals surface area (Å²) >= 11 is 1.41. The summed E-state index contributed by atoms with van der Waals surface area (Å²) in [6.07, 6.45) is 0. The van der Waals surface area contributed by atoms with Crippen molar-refractivity contribution < 1.29 is 14.3 Å². The van der Waals surface area contributed by atoms with Crippen LogP contribution in [0.15, 0.2) is 83.8 Å². The van der Waals surface area contributed by atoms with Crippen LogP contribution in [-0.2, 0) is 15.3 Å². The largest absolute Gasteiger partial charge is 0.493 e. The van der Waals surface area contributed by atoms with Crippen LogP contribution in [0.2, 0.25) is 0 Å². The van der Waals surface area contributed by atoms with E-state index in [0.29, 0.717) is 34.4 Å². The lowest BCUT2D eigenvalue weighted by atomic mass is 10.0. The van der Waals surface area contributed by atoms with Gasteiger partial charge in [-0.2, -0.15) is 0 Å². The smallest absolute Gasteiger partial charge is 0.272 e. The highest BCUT2D eigenvalue weighted by molar-refractivity contribution is 8.03. The Morgan fingerprint density at radius 3 is 2.15 bits per heavy atom. The van der Waals surface area contributed by atoms with Crippen LogP contribution >= 0.6 is 11.8 Å². The van der Waals surface area contributed by atoms with Crippen molar-refractivity contribution in [1.29, 1.82) is 0 Å². The van der Waals surface area contributed by atoms with Crippen LogP contribution in [0.5, 0.6) is 5.75 Å². The first-order valence-corrected chi connectivity index (χ1v) is 12.0. The minimum atomic E-state index is -0.296. The van der Waals surface area contributed by atoms with Gasteiger partial charge >= 0.3 is 0 Å². The zero-order chi connectivity index (χ0) is 23.4. The van der Waals surface area contributed by atoms with E-state index in [9.17, 15) is 9.59 Å². The molecule has 3 aromatic carbocycles. The summed E-state index contributed by atoms with van der Waals surface area (Å²) in [6.45, 7) is 6.78. The summed E-state index contributed by atoms with van der Waals surface area (Å²) in [7, 11) is 0. The summed E-state index contributed by atoms with van der Waals surface area (Å²) in [5.74, 6) is 1.16. The zero-order valence-corrected chi connectivity index (χ0v) is 19.9. The molecule has 4 rings (SSSR count). The summed E-state index contributed by atoms with van der Waals surface area (Å²) in [5.41, 5.74) is 3.96. The molecule has 168 valence electrons. The molecule has 1 aliphatic heterocycles. The zero-order valence-electron chi connectivity index (χ0n) is 19.1. The molecule has 0 bridgehead atoms. The molecule has 3 aromatic rings. The van der Waals surface area contributed by atoms with Gasteiger partial charge in [0, 0.05) is 5.75 Å². The first-order valence-electron chi connectivity index (χ1n) is 11.0. The fraction of sp³-hybridized carbons (Fsp3) is 0.214. The Morgan fingerprint density at radius 1 is 0.848 bits per heavy atom. The van der Waals surface area contributed by atoms with Gasteiger partial charge in [-0.1, -0.05) is 74.0 Å². The molecule has 33 heavy (non-hydrogen) atoms. The van der Waals surface area contributed by atoms with E-state index in [0.717, 1.165) is 22.4 Å². The number of ether oxygens (including phenoxy) is 1. The second-order valence-electron chi connectivity index (χ2n) is 8.49. The van der Waals surface area contributed by atoms with E-state index in [-0.39, 0.29) is 11.8 Å². The molecule has 0 fully saturated rings. The van der Waals surface area contributed by atoms with Gasteiger partial charge in [-0.05, 0) is 48.2 Å². The van der Waals surface area contributed by atoms with Crippen LogP contribution in [0.1, 0.15) is 30.5 Å². The number of carbonyl (C=O) groups excluding carboxylic acids is 2. The lowest BCUT2D eigenvalue weighted by Crippen LogP contribution is -2.31. The first-order chi connectivity index (χ1) is 15.9. The van der Waals surface area contributed by atoms with Crippen LogP contribution < -0.4 is 9.64 Å². The maximum Gasteiger partial charge on any atom is 0.272 e. The fourth-order valence-electron chi connectivity index (χ4n) is 3.54. The van der Waals surface area contributed by atoms with Gasteiger partial charge in [-0.15, -0.1) is 11.8 Å². The molecule has 0 unspecified atom stereocenters. The van der Waals surface area contributed by atoms with Crippen molar-refractivity contribution in [3.63, 3.8) is 0 Å². The normalized spacial score (nSPS) is 13.9. The molecule has 0 saturated carbocycles.